The zero-order chi connectivity index (χ0) is 13.1. The van der Waals surface area contributed by atoms with Crippen LogP contribution in [0.2, 0.25) is 0 Å². The normalized spacial score (nSPS) is 15.6. The van der Waals surface area contributed by atoms with Gasteiger partial charge in [-0.3, -0.25) is 4.79 Å². The molecule has 1 aromatic heterocycles. The first-order valence-corrected chi connectivity index (χ1v) is 6.57. The van der Waals surface area contributed by atoms with E-state index in [4.69, 9.17) is 0 Å². The Morgan fingerprint density at radius 1 is 0.947 bits per heavy atom. The van der Waals surface area contributed by atoms with Crippen LogP contribution in [-0.4, -0.2) is 42.0 Å². The molecule has 0 spiro atoms. The van der Waals surface area contributed by atoms with Gasteiger partial charge in [0.15, 0.2) is 0 Å². The number of rotatable bonds is 2. The highest BCUT2D eigenvalue weighted by atomic mass is 16.2. The number of aromatic amines is 1. The lowest BCUT2D eigenvalue weighted by molar-refractivity contribution is 0.0741. The van der Waals surface area contributed by atoms with Crippen LogP contribution in [0.5, 0.6) is 0 Å². The zero-order valence-corrected chi connectivity index (χ0v) is 10.7. The van der Waals surface area contributed by atoms with Gasteiger partial charge in [0.1, 0.15) is 5.69 Å². The summed E-state index contributed by atoms with van der Waals surface area (Å²) in [5, 5.41) is 0. The number of nitrogens with zero attached hydrogens (tertiary/aromatic N) is 2. The van der Waals surface area contributed by atoms with Gasteiger partial charge >= 0.3 is 0 Å². The number of nitrogens with one attached hydrogen (secondary N) is 1. The zero-order valence-electron chi connectivity index (χ0n) is 10.7. The van der Waals surface area contributed by atoms with E-state index in [2.05, 4.69) is 22.0 Å². The molecule has 0 unspecified atom stereocenters. The smallest absolute Gasteiger partial charge is 0.270 e. The minimum atomic E-state index is 0.0951. The van der Waals surface area contributed by atoms with E-state index in [1.807, 2.05) is 35.2 Å². The quantitative estimate of drug-likeness (QED) is 0.891. The molecular weight excluding hydrogens is 238 g/mol. The first-order chi connectivity index (χ1) is 9.34. The summed E-state index contributed by atoms with van der Waals surface area (Å²) in [6.45, 7) is 3.31. The Bertz CT molecular complexity index is 528. The molecule has 3 rings (SSSR count). The number of H-pyrrole nitrogens is 1. The van der Waals surface area contributed by atoms with Crippen molar-refractivity contribution in [3.63, 3.8) is 0 Å². The molecule has 2 aromatic rings. The van der Waals surface area contributed by atoms with Crippen LogP contribution in [0.4, 0.5) is 5.69 Å². The van der Waals surface area contributed by atoms with Crippen LogP contribution in [0.1, 0.15) is 10.5 Å². The molecule has 0 radical (unpaired) electrons. The molecule has 1 aromatic carbocycles. The highest BCUT2D eigenvalue weighted by Gasteiger charge is 2.22. The van der Waals surface area contributed by atoms with Crippen molar-refractivity contribution >= 4 is 11.6 Å². The second-order valence-electron chi connectivity index (χ2n) is 4.70. The van der Waals surface area contributed by atoms with Crippen LogP contribution >= 0.6 is 0 Å². The molecule has 0 saturated carbocycles. The van der Waals surface area contributed by atoms with Crippen LogP contribution in [0, 0.1) is 0 Å². The molecule has 1 fully saturated rings. The van der Waals surface area contributed by atoms with E-state index in [0.29, 0.717) is 5.69 Å². The Morgan fingerprint density at radius 3 is 2.32 bits per heavy atom. The predicted octanol–water partition coefficient (Wildman–Crippen LogP) is 1.98. The minimum Gasteiger partial charge on any atom is -0.368 e. The Morgan fingerprint density at radius 2 is 1.68 bits per heavy atom. The van der Waals surface area contributed by atoms with Crippen molar-refractivity contribution in [2.45, 2.75) is 0 Å². The minimum absolute atomic E-state index is 0.0951. The van der Waals surface area contributed by atoms with E-state index in [1.165, 1.54) is 5.69 Å². The van der Waals surface area contributed by atoms with Crippen LogP contribution in [0.3, 0.4) is 0 Å². The fourth-order valence-corrected chi connectivity index (χ4v) is 2.44. The molecule has 19 heavy (non-hydrogen) atoms. The van der Waals surface area contributed by atoms with Gasteiger partial charge in [-0.2, -0.15) is 0 Å². The van der Waals surface area contributed by atoms with Gasteiger partial charge in [-0.05, 0) is 24.3 Å². The Labute approximate surface area is 112 Å². The van der Waals surface area contributed by atoms with Gasteiger partial charge in [0.05, 0.1) is 0 Å². The molecule has 1 aliphatic heterocycles. The maximum absolute atomic E-state index is 12.2. The van der Waals surface area contributed by atoms with Crippen molar-refractivity contribution in [3.05, 3.63) is 54.4 Å². The number of carbonyl (C=O) groups is 1. The van der Waals surface area contributed by atoms with Crippen LogP contribution in [-0.2, 0) is 0 Å². The van der Waals surface area contributed by atoms with Gasteiger partial charge in [-0.15, -0.1) is 0 Å². The third-order valence-corrected chi connectivity index (χ3v) is 3.52. The number of anilines is 1. The molecule has 0 bridgehead atoms. The van der Waals surface area contributed by atoms with E-state index >= 15 is 0 Å². The molecule has 1 amide bonds. The number of piperazine rings is 1. The largest absolute Gasteiger partial charge is 0.368 e. The van der Waals surface area contributed by atoms with Crippen molar-refractivity contribution in [3.8, 4) is 0 Å². The number of aromatic nitrogens is 1. The number of benzene rings is 1. The third kappa shape index (κ3) is 2.47. The molecule has 2 heterocycles. The topological polar surface area (TPSA) is 39.3 Å². The van der Waals surface area contributed by atoms with Crippen molar-refractivity contribution in [2.75, 3.05) is 31.1 Å². The molecule has 1 aliphatic rings. The van der Waals surface area contributed by atoms with Crippen molar-refractivity contribution in [1.82, 2.24) is 9.88 Å². The van der Waals surface area contributed by atoms with Gasteiger partial charge in [0, 0.05) is 38.1 Å². The second kappa shape index (κ2) is 5.18. The van der Waals surface area contributed by atoms with Crippen molar-refractivity contribution < 1.29 is 4.79 Å². The fraction of sp³-hybridized carbons (Fsp3) is 0.267. The first-order valence-electron chi connectivity index (χ1n) is 6.57. The lowest BCUT2D eigenvalue weighted by Gasteiger charge is -2.35. The number of para-hydroxylation sites is 1. The highest BCUT2D eigenvalue weighted by Crippen LogP contribution is 2.16. The summed E-state index contributed by atoms with van der Waals surface area (Å²) in [6, 6.07) is 14.0. The van der Waals surface area contributed by atoms with Crippen molar-refractivity contribution in [2.24, 2.45) is 0 Å². The Hall–Kier alpha value is -2.23. The second-order valence-corrected chi connectivity index (χ2v) is 4.70. The van der Waals surface area contributed by atoms with Crippen LogP contribution in [0.15, 0.2) is 48.7 Å². The highest BCUT2D eigenvalue weighted by molar-refractivity contribution is 5.92. The number of amides is 1. The lowest BCUT2D eigenvalue weighted by atomic mass is 10.2. The van der Waals surface area contributed by atoms with Gasteiger partial charge in [0.25, 0.3) is 5.91 Å². The van der Waals surface area contributed by atoms with Crippen molar-refractivity contribution in [1.29, 1.82) is 0 Å². The summed E-state index contributed by atoms with van der Waals surface area (Å²) in [6.07, 6.45) is 1.79. The summed E-state index contributed by atoms with van der Waals surface area (Å²) in [5.41, 5.74) is 1.91. The van der Waals surface area contributed by atoms with E-state index in [0.717, 1.165) is 26.2 Å². The van der Waals surface area contributed by atoms with Crippen LogP contribution < -0.4 is 4.90 Å². The maximum Gasteiger partial charge on any atom is 0.270 e. The number of hydrogen-bond donors (Lipinski definition) is 1. The summed E-state index contributed by atoms with van der Waals surface area (Å²) < 4.78 is 0. The summed E-state index contributed by atoms with van der Waals surface area (Å²) in [7, 11) is 0. The van der Waals surface area contributed by atoms with Gasteiger partial charge < -0.3 is 14.8 Å². The van der Waals surface area contributed by atoms with Crippen LogP contribution in [0.25, 0.3) is 0 Å². The average molecular weight is 255 g/mol. The Balaban J connectivity index is 1.62. The SMILES string of the molecule is O=C(c1ccc[nH]1)N1CCN(c2ccccc2)CC1. The van der Waals surface area contributed by atoms with Gasteiger partial charge in [-0.25, -0.2) is 0 Å². The molecule has 4 nitrogen and oxygen atoms in total. The predicted molar refractivity (Wildman–Crippen MR) is 75.4 cm³/mol. The molecule has 1 saturated heterocycles. The molecule has 0 aliphatic carbocycles. The summed E-state index contributed by atoms with van der Waals surface area (Å²) >= 11 is 0. The fourth-order valence-electron chi connectivity index (χ4n) is 2.44. The van der Waals surface area contributed by atoms with E-state index < -0.39 is 0 Å². The molecule has 1 N–H and O–H groups in total. The standard InChI is InChI=1S/C15H17N3O/c19-15(14-7-4-8-16-14)18-11-9-17(10-12-18)13-5-2-1-3-6-13/h1-8,16H,9-12H2. The van der Waals surface area contributed by atoms with E-state index in [9.17, 15) is 4.79 Å². The molecule has 4 heteroatoms. The Kier molecular flexibility index (Phi) is 3.23. The number of carbonyl (C=O) groups excluding carboxylic acids is 1. The molecule has 98 valence electrons. The summed E-state index contributed by atoms with van der Waals surface area (Å²) in [5.74, 6) is 0.0951. The number of hydrogen-bond acceptors (Lipinski definition) is 2. The lowest BCUT2D eigenvalue weighted by Crippen LogP contribution is -2.48. The summed E-state index contributed by atoms with van der Waals surface area (Å²) in [4.78, 5) is 19.4. The maximum atomic E-state index is 12.2. The first kappa shape index (κ1) is 11.8. The van der Waals surface area contributed by atoms with Gasteiger partial charge in [-0.1, -0.05) is 18.2 Å². The molecule has 0 atom stereocenters. The molecular formula is C15H17N3O. The third-order valence-electron chi connectivity index (χ3n) is 3.52. The van der Waals surface area contributed by atoms with E-state index in [-0.39, 0.29) is 5.91 Å². The van der Waals surface area contributed by atoms with Gasteiger partial charge in [0.2, 0.25) is 0 Å². The van der Waals surface area contributed by atoms with E-state index in [1.54, 1.807) is 6.20 Å². The monoisotopic (exact) mass is 255 g/mol. The average Bonchev–Trinajstić information content (AvgIpc) is 3.02.